The third-order valence-electron chi connectivity index (χ3n) is 1.84. The molecule has 0 amide bonds. The smallest absolute Gasteiger partial charge is 0.0446 e. The fourth-order valence-electron chi connectivity index (χ4n) is 1.15. The largest absolute Gasteiger partial charge is 0.324 e. The number of hydrogen-bond donors (Lipinski definition) is 1. The van der Waals surface area contributed by atoms with Crippen LogP contribution in [0.15, 0.2) is 29.6 Å². The molecule has 2 rings (SSSR count). The fraction of sp³-hybridized carbons (Fsp3) is 0.200. The van der Waals surface area contributed by atoms with Crippen LogP contribution in [0.4, 0.5) is 0 Å². The van der Waals surface area contributed by atoms with Crippen molar-refractivity contribution >= 4 is 22.7 Å². The fourth-order valence-corrected chi connectivity index (χ4v) is 2.94. The van der Waals surface area contributed by atoms with Crippen LogP contribution >= 0.6 is 22.7 Å². The Morgan fingerprint density at radius 3 is 2.62 bits per heavy atom. The molecule has 1 nitrogen and oxygen atoms in total. The van der Waals surface area contributed by atoms with E-state index in [9.17, 15) is 0 Å². The van der Waals surface area contributed by atoms with Gasteiger partial charge in [0.15, 0.2) is 0 Å². The third-order valence-corrected chi connectivity index (χ3v) is 4.19. The zero-order valence-electron chi connectivity index (χ0n) is 7.36. The van der Waals surface area contributed by atoms with E-state index < -0.39 is 0 Å². The maximum atomic E-state index is 5.79. The third kappa shape index (κ3) is 1.82. The van der Waals surface area contributed by atoms with Crippen molar-refractivity contribution in [2.45, 2.75) is 13.0 Å². The minimum Gasteiger partial charge on any atom is -0.324 e. The second kappa shape index (κ2) is 3.62. The molecule has 0 aliphatic heterocycles. The van der Waals surface area contributed by atoms with E-state index in [1.807, 2.05) is 6.92 Å². The average Bonchev–Trinajstić information content (AvgIpc) is 2.75. The molecule has 13 heavy (non-hydrogen) atoms. The van der Waals surface area contributed by atoms with Crippen LogP contribution in [-0.4, -0.2) is 0 Å². The molecule has 3 heteroatoms. The molecule has 68 valence electrons. The van der Waals surface area contributed by atoms with Crippen LogP contribution in [0.25, 0.3) is 9.75 Å². The van der Waals surface area contributed by atoms with Gasteiger partial charge >= 0.3 is 0 Å². The quantitative estimate of drug-likeness (QED) is 0.805. The van der Waals surface area contributed by atoms with Crippen LogP contribution in [0.2, 0.25) is 0 Å². The van der Waals surface area contributed by atoms with Gasteiger partial charge < -0.3 is 5.73 Å². The predicted octanol–water partition coefficient (Wildman–Crippen LogP) is 3.50. The van der Waals surface area contributed by atoms with Gasteiger partial charge in [-0.15, -0.1) is 22.7 Å². The van der Waals surface area contributed by atoms with Crippen LogP contribution in [0.5, 0.6) is 0 Å². The molecule has 2 N–H and O–H groups in total. The molecule has 1 unspecified atom stereocenters. The second-order valence-corrected chi connectivity index (χ2v) is 5.03. The predicted molar refractivity (Wildman–Crippen MR) is 60.2 cm³/mol. The number of hydrogen-bond acceptors (Lipinski definition) is 3. The van der Waals surface area contributed by atoms with Crippen molar-refractivity contribution in [3.05, 3.63) is 34.5 Å². The molecule has 0 fully saturated rings. The molecule has 0 spiro atoms. The van der Waals surface area contributed by atoms with Crippen molar-refractivity contribution in [3.8, 4) is 9.75 Å². The summed E-state index contributed by atoms with van der Waals surface area (Å²) in [4.78, 5) is 3.91. The maximum Gasteiger partial charge on any atom is 0.0446 e. The number of thiophene rings is 2. The van der Waals surface area contributed by atoms with Gasteiger partial charge in [-0.05, 0) is 30.5 Å². The Kier molecular flexibility index (Phi) is 2.49. The summed E-state index contributed by atoms with van der Waals surface area (Å²) in [5.41, 5.74) is 5.79. The highest BCUT2D eigenvalue weighted by Gasteiger charge is 2.05. The molecule has 0 bridgehead atoms. The highest BCUT2D eigenvalue weighted by Crippen LogP contribution is 2.33. The minimum absolute atomic E-state index is 0.152. The summed E-state index contributed by atoms with van der Waals surface area (Å²) in [6.07, 6.45) is 0. The molecule has 0 radical (unpaired) electrons. The SMILES string of the molecule is CC(N)c1ccc(-c2cccs2)s1. The highest BCUT2D eigenvalue weighted by atomic mass is 32.1. The molecule has 1 atom stereocenters. The first kappa shape index (κ1) is 8.94. The zero-order chi connectivity index (χ0) is 9.26. The normalized spacial score (nSPS) is 13.1. The summed E-state index contributed by atoms with van der Waals surface area (Å²) < 4.78 is 0. The monoisotopic (exact) mass is 209 g/mol. The van der Waals surface area contributed by atoms with Crippen LogP contribution in [-0.2, 0) is 0 Å². The summed E-state index contributed by atoms with van der Waals surface area (Å²) in [7, 11) is 0. The van der Waals surface area contributed by atoms with E-state index in [1.54, 1.807) is 22.7 Å². The van der Waals surface area contributed by atoms with Crippen LogP contribution in [0.3, 0.4) is 0 Å². The molecule has 0 aliphatic carbocycles. The summed E-state index contributed by atoms with van der Waals surface area (Å²) in [6, 6.07) is 8.63. The van der Waals surface area contributed by atoms with Crippen LogP contribution < -0.4 is 5.73 Å². The standard InChI is InChI=1S/C10H11NS2/c1-7(11)8-4-5-10(13-8)9-3-2-6-12-9/h2-7H,11H2,1H3. The van der Waals surface area contributed by atoms with Gasteiger partial charge in [0.05, 0.1) is 0 Å². The Morgan fingerprint density at radius 1 is 1.23 bits per heavy atom. The van der Waals surface area contributed by atoms with Crippen molar-refractivity contribution in [2.75, 3.05) is 0 Å². The first-order valence-electron chi connectivity index (χ1n) is 4.16. The summed E-state index contributed by atoms with van der Waals surface area (Å²) >= 11 is 3.55. The van der Waals surface area contributed by atoms with Crippen LogP contribution in [0.1, 0.15) is 17.8 Å². The minimum atomic E-state index is 0.152. The van der Waals surface area contributed by atoms with E-state index in [4.69, 9.17) is 5.73 Å². The summed E-state index contributed by atoms with van der Waals surface area (Å²) in [5, 5.41) is 2.10. The van der Waals surface area contributed by atoms with E-state index in [2.05, 4.69) is 29.6 Å². The van der Waals surface area contributed by atoms with Crippen molar-refractivity contribution in [1.82, 2.24) is 0 Å². The molecule has 2 heterocycles. The molecule has 0 aromatic carbocycles. The van der Waals surface area contributed by atoms with E-state index in [0.29, 0.717) is 0 Å². The summed E-state index contributed by atoms with van der Waals surface area (Å²) in [5.74, 6) is 0. The molecule has 2 aromatic heterocycles. The lowest BCUT2D eigenvalue weighted by Gasteiger charge is -1.97. The van der Waals surface area contributed by atoms with Crippen molar-refractivity contribution in [2.24, 2.45) is 5.73 Å². The average molecular weight is 209 g/mol. The van der Waals surface area contributed by atoms with E-state index >= 15 is 0 Å². The Balaban J connectivity index is 2.33. The van der Waals surface area contributed by atoms with E-state index in [1.165, 1.54) is 14.6 Å². The molecule has 2 aromatic rings. The first-order chi connectivity index (χ1) is 6.27. The van der Waals surface area contributed by atoms with Gasteiger partial charge in [-0.3, -0.25) is 0 Å². The Labute approximate surface area is 85.8 Å². The number of rotatable bonds is 2. The lowest BCUT2D eigenvalue weighted by Crippen LogP contribution is -2.01. The first-order valence-corrected chi connectivity index (χ1v) is 5.86. The lowest BCUT2D eigenvalue weighted by atomic mass is 10.3. The van der Waals surface area contributed by atoms with Crippen molar-refractivity contribution in [1.29, 1.82) is 0 Å². The van der Waals surface area contributed by atoms with Gasteiger partial charge in [0.1, 0.15) is 0 Å². The zero-order valence-corrected chi connectivity index (χ0v) is 8.99. The van der Waals surface area contributed by atoms with Gasteiger partial charge in [-0.2, -0.15) is 0 Å². The summed E-state index contributed by atoms with van der Waals surface area (Å²) in [6.45, 7) is 2.02. The number of nitrogens with two attached hydrogens (primary N) is 1. The molecule has 0 saturated carbocycles. The van der Waals surface area contributed by atoms with Crippen LogP contribution in [0, 0.1) is 0 Å². The van der Waals surface area contributed by atoms with E-state index in [-0.39, 0.29) is 6.04 Å². The Bertz CT molecular complexity index is 373. The molecule has 0 aliphatic rings. The van der Waals surface area contributed by atoms with Crippen molar-refractivity contribution < 1.29 is 0 Å². The second-order valence-electron chi connectivity index (χ2n) is 2.97. The molecular weight excluding hydrogens is 198 g/mol. The molecular formula is C10H11NS2. The Morgan fingerprint density at radius 2 is 2.08 bits per heavy atom. The molecule has 0 saturated heterocycles. The van der Waals surface area contributed by atoms with Gasteiger partial charge in [0.25, 0.3) is 0 Å². The van der Waals surface area contributed by atoms with Gasteiger partial charge in [-0.1, -0.05) is 6.07 Å². The maximum absolute atomic E-state index is 5.79. The Hall–Kier alpha value is -0.640. The topological polar surface area (TPSA) is 26.0 Å². The van der Waals surface area contributed by atoms with Gasteiger partial charge in [-0.25, -0.2) is 0 Å². The van der Waals surface area contributed by atoms with Gasteiger partial charge in [0.2, 0.25) is 0 Å². The van der Waals surface area contributed by atoms with E-state index in [0.717, 1.165) is 0 Å². The van der Waals surface area contributed by atoms with Crippen molar-refractivity contribution in [3.63, 3.8) is 0 Å². The van der Waals surface area contributed by atoms with Gasteiger partial charge in [0, 0.05) is 20.7 Å². The lowest BCUT2D eigenvalue weighted by molar-refractivity contribution is 0.838. The highest BCUT2D eigenvalue weighted by molar-refractivity contribution is 7.21.